The molecule has 178 valence electrons. The van der Waals surface area contributed by atoms with E-state index in [1.807, 2.05) is 30.3 Å². The van der Waals surface area contributed by atoms with Gasteiger partial charge in [-0.3, -0.25) is 9.59 Å². The number of aryl methyl sites for hydroxylation is 1. The van der Waals surface area contributed by atoms with Crippen molar-refractivity contribution in [2.24, 2.45) is 0 Å². The molecule has 0 aliphatic heterocycles. The van der Waals surface area contributed by atoms with Crippen LogP contribution in [0.5, 0.6) is 11.5 Å². The van der Waals surface area contributed by atoms with Gasteiger partial charge in [-0.05, 0) is 48.2 Å². The lowest BCUT2D eigenvalue weighted by Crippen LogP contribution is -2.09. The third-order valence-corrected chi connectivity index (χ3v) is 5.10. The minimum Gasteiger partial charge on any atom is -0.502 e. The van der Waals surface area contributed by atoms with Gasteiger partial charge in [0.05, 0.1) is 6.33 Å². The van der Waals surface area contributed by atoms with Gasteiger partial charge in [0.25, 0.3) is 0 Å². The molecule has 0 unspecified atom stereocenters. The monoisotopic (exact) mass is 478 g/mol. The third kappa shape index (κ3) is 6.99. The van der Waals surface area contributed by atoms with E-state index in [0.717, 1.165) is 11.1 Å². The van der Waals surface area contributed by atoms with Gasteiger partial charge in [-0.1, -0.05) is 30.0 Å². The van der Waals surface area contributed by atoms with E-state index >= 15 is 0 Å². The molecule has 2 N–H and O–H groups in total. The highest BCUT2D eigenvalue weighted by Crippen LogP contribution is 2.19. The first-order valence-electron chi connectivity index (χ1n) is 11.2. The molecule has 4 aromatic rings. The van der Waals surface area contributed by atoms with Gasteiger partial charge in [0.1, 0.15) is 29.7 Å². The van der Waals surface area contributed by atoms with Gasteiger partial charge in [-0.25, -0.2) is 4.98 Å². The van der Waals surface area contributed by atoms with Crippen LogP contribution >= 0.6 is 0 Å². The second-order valence-corrected chi connectivity index (χ2v) is 7.82. The molecular weight excluding hydrogens is 456 g/mol. The molecule has 2 heterocycles. The summed E-state index contributed by atoms with van der Waals surface area (Å²) in [5, 5.41) is 10.1. The van der Waals surface area contributed by atoms with E-state index in [2.05, 4.69) is 33.6 Å². The number of rotatable bonds is 8. The summed E-state index contributed by atoms with van der Waals surface area (Å²) in [5.74, 6) is 11.9. The molecule has 0 amide bonds. The number of H-pyrrole nitrogens is 1. The maximum absolute atomic E-state index is 12.2. The number of ketones is 1. The quantitative estimate of drug-likeness (QED) is 0.373. The number of aromatic amines is 1. The first kappa shape index (κ1) is 24.1. The molecule has 0 fully saturated rings. The summed E-state index contributed by atoms with van der Waals surface area (Å²) in [5.41, 5.74) is 1.80. The molecule has 0 bridgehead atoms. The van der Waals surface area contributed by atoms with Gasteiger partial charge in [0.2, 0.25) is 11.2 Å². The van der Waals surface area contributed by atoms with Crippen molar-refractivity contribution >= 4 is 5.78 Å². The number of nitrogens with one attached hydrogen (secondary N) is 1. The van der Waals surface area contributed by atoms with E-state index in [1.165, 1.54) is 12.4 Å². The number of nitrogens with zero attached hydrogens (tertiary/aromatic N) is 1. The number of aromatic nitrogens is 2. The Morgan fingerprint density at radius 1 is 1.03 bits per heavy atom. The van der Waals surface area contributed by atoms with Crippen LogP contribution in [0, 0.1) is 23.7 Å². The zero-order chi connectivity index (χ0) is 25.2. The smallest absolute Gasteiger partial charge is 0.227 e. The first-order valence-corrected chi connectivity index (χ1v) is 11.2. The van der Waals surface area contributed by atoms with Crippen LogP contribution in [0.1, 0.15) is 34.8 Å². The Morgan fingerprint density at radius 3 is 2.44 bits per heavy atom. The van der Waals surface area contributed by atoms with Gasteiger partial charge in [0.15, 0.2) is 0 Å². The molecule has 0 spiro atoms. The topological polar surface area (TPSA) is 105 Å². The fourth-order valence-corrected chi connectivity index (χ4v) is 3.28. The molecular formula is C29H22N2O5. The van der Waals surface area contributed by atoms with E-state index in [4.69, 9.17) is 9.15 Å². The van der Waals surface area contributed by atoms with Gasteiger partial charge in [-0.2, -0.15) is 0 Å². The summed E-state index contributed by atoms with van der Waals surface area (Å²) in [7, 11) is 0. The van der Waals surface area contributed by atoms with Crippen LogP contribution in [0.25, 0.3) is 0 Å². The predicted molar refractivity (Wildman–Crippen MR) is 133 cm³/mol. The molecule has 0 saturated carbocycles. The van der Waals surface area contributed by atoms with Gasteiger partial charge < -0.3 is 19.2 Å². The van der Waals surface area contributed by atoms with Crippen molar-refractivity contribution in [1.29, 1.82) is 0 Å². The SMILES string of the molecule is O=C(CCc1oc(COc2ccc(C#CC#Cc3ccccc3)cc2)cc(=O)c1O)Cc1cnc[nH]1. The molecule has 2 aromatic heterocycles. The molecule has 4 rings (SSSR count). The Morgan fingerprint density at radius 2 is 1.75 bits per heavy atom. The third-order valence-electron chi connectivity index (χ3n) is 5.10. The molecule has 0 radical (unpaired) electrons. The number of aromatic hydroxyl groups is 1. The minimum absolute atomic E-state index is 0.0157. The van der Waals surface area contributed by atoms with Crippen LogP contribution in [-0.4, -0.2) is 20.9 Å². The minimum atomic E-state index is -0.585. The van der Waals surface area contributed by atoms with E-state index in [9.17, 15) is 14.7 Å². The molecule has 0 atom stereocenters. The molecule has 7 nitrogen and oxygen atoms in total. The predicted octanol–water partition coefficient (Wildman–Crippen LogP) is 3.80. The number of hydrogen-bond acceptors (Lipinski definition) is 6. The Balaban J connectivity index is 1.33. The lowest BCUT2D eigenvalue weighted by atomic mass is 10.1. The van der Waals surface area contributed by atoms with Crippen molar-refractivity contribution < 1.29 is 19.1 Å². The standard InChI is InChI=1S/C29H22N2O5/c32-24(16-23-18-30-20-31-23)12-15-28-29(34)27(33)17-26(36-28)19-35-25-13-10-22(11-14-25)9-5-4-8-21-6-2-1-3-7-21/h1-3,6-7,10-11,13-14,17-18,20,34H,12,15-16,19H2,(H,30,31). The maximum Gasteiger partial charge on any atom is 0.227 e. The Hall–Kier alpha value is -5.01. The molecule has 0 aliphatic rings. The summed E-state index contributed by atoms with van der Waals surface area (Å²) in [6.07, 6.45) is 3.47. The van der Waals surface area contributed by atoms with Crippen molar-refractivity contribution in [3.8, 4) is 35.2 Å². The van der Waals surface area contributed by atoms with E-state index in [0.29, 0.717) is 11.4 Å². The average molecular weight is 479 g/mol. The Bertz CT molecular complexity index is 1500. The highest BCUT2D eigenvalue weighted by atomic mass is 16.5. The van der Waals surface area contributed by atoms with Gasteiger partial charge in [0, 0.05) is 48.3 Å². The molecule has 36 heavy (non-hydrogen) atoms. The number of carbonyl (C=O) groups excluding carboxylic acids is 1. The lowest BCUT2D eigenvalue weighted by molar-refractivity contribution is -0.118. The van der Waals surface area contributed by atoms with Crippen molar-refractivity contribution in [3.05, 3.63) is 112 Å². The van der Waals surface area contributed by atoms with Crippen molar-refractivity contribution in [1.82, 2.24) is 9.97 Å². The fourth-order valence-electron chi connectivity index (χ4n) is 3.28. The summed E-state index contributed by atoms with van der Waals surface area (Å²) >= 11 is 0. The molecule has 0 aliphatic carbocycles. The van der Waals surface area contributed by atoms with Crippen LogP contribution in [0.3, 0.4) is 0 Å². The second-order valence-electron chi connectivity index (χ2n) is 7.82. The van der Waals surface area contributed by atoms with E-state index < -0.39 is 11.2 Å². The van der Waals surface area contributed by atoms with Crippen LogP contribution in [0.2, 0.25) is 0 Å². The first-order chi connectivity index (χ1) is 17.6. The average Bonchev–Trinajstić information content (AvgIpc) is 3.41. The Labute approximate surface area is 207 Å². The van der Waals surface area contributed by atoms with Gasteiger partial charge >= 0.3 is 0 Å². The van der Waals surface area contributed by atoms with Crippen LogP contribution in [-0.2, 0) is 24.2 Å². The number of Topliss-reactive ketones (excluding diaryl/α,β-unsaturated/α-hetero) is 1. The maximum atomic E-state index is 12.2. The van der Waals surface area contributed by atoms with Crippen LogP contribution in [0.4, 0.5) is 0 Å². The summed E-state index contributed by atoms with van der Waals surface area (Å²) in [6, 6.07) is 17.9. The zero-order valence-electron chi connectivity index (χ0n) is 19.3. The largest absolute Gasteiger partial charge is 0.502 e. The normalized spacial score (nSPS) is 10.0. The Kier molecular flexibility index (Phi) is 7.99. The number of hydrogen-bond donors (Lipinski definition) is 2. The van der Waals surface area contributed by atoms with Crippen molar-refractivity contribution in [2.45, 2.75) is 25.9 Å². The highest BCUT2D eigenvalue weighted by Gasteiger charge is 2.14. The molecule has 7 heteroatoms. The van der Waals surface area contributed by atoms with E-state index in [-0.39, 0.29) is 43.2 Å². The summed E-state index contributed by atoms with van der Waals surface area (Å²) in [6.45, 7) is -0.0157. The van der Waals surface area contributed by atoms with Crippen LogP contribution < -0.4 is 10.2 Å². The zero-order valence-corrected chi connectivity index (χ0v) is 19.3. The second kappa shape index (κ2) is 11.9. The van der Waals surface area contributed by atoms with Crippen molar-refractivity contribution in [3.63, 3.8) is 0 Å². The number of benzene rings is 2. The number of imidazole rings is 1. The molecule has 0 saturated heterocycles. The van der Waals surface area contributed by atoms with E-state index in [1.54, 1.807) is 30.5 Å². The summed E-state index contributed by atoms with van der Waals surface area (Å²) < 4.78 is 11.3. The number of ether oxygens (including phenoxy) is 1. The fraction of sp³-hybridized carbons (Fsp3) is 0.138. The van der Waals surface area contributed by atoms with Crippen molar-refractivity contribution in [2.75, 3.05) is 0 Å². The van der Waals surface area contributed by atoms with Crippen LogP contribution in [0.15, 0.2) is 82.4 Å². The summed E-state index contributed by atoms with van der Waals surface area (Å²) in [4.78, 5) is 31.0. The number of carbonyl (C=O) groups is 1. The highest BCUT2D eigenvalue weighted by molar-refractivity contribution is 5.80. The van der Waals surface area contributed by atoms with Gasteiger partial charge in [-0.15, -0.1) is 0 Å². The molecule has 2 aromatic carbocycles. The lowest BCUT2D eigenvalue weighted by Gasteiger charge is -2.08.